The van der Waals surface area contributed by atoms with E-state index in [0.717, 1.165) is 0 Å². The summed E-state index contributed by atoms with van der Waals surface area (Å²) in [7, 11) is -8.67. The summed E-state index contributed by atoms with van der Waals surface area (Å²) in [6.07, 6.45) is 0. The fourth-order valence-corrected chi connectivity index (χ4v) is 0. The second-order valence-electron chi connectivity index (χ2n) is 1.39. The Morgan fingerprint density at radius 3 is 0.231 bits per heavy atom. The van der Waals surface area contributed by atoms with Crippen molar-refractivity contribution in [1.29, 1.82) is 0 Å². The van der Waals surface area contributed by atoms with Gasteiger partial charge in [-0.1, -0.05) is 0 Å². The van der Waals surface area contributed by atoms with E-state index in [0.29, 0.717) is 0 Å². The van der Waals surface area contributed by atoms with E-state index in [9.17, 15) is 0 Å². The molecule has 0 saturated carbocycles. The summed E-state index contributed by atoms with van der Waals surface area (Å²) in [6, 6.07) is 0. The van der Waals surface area contributed by atoms with E-state index >= 15 is 0 Å². The molecular weight excluding hydrogens is 409 g/mol. The van der Waals surface area contributed by atoms with Gasteiger partial charge in [0.2, 0.25) is 0 Å². The molecule has 0 aromatic rings. The van der Waals surface area contributed by atoms with Crippen LogP contribution in [0.5, 0.6) is 0 Å². The second-order valence-corrected chi connectivity index (χ2v) is 1.39. The van der Waals surface area contributed by atoms with Crippen molar-refractivity contribution in [3.05, 3.63) is 0 Å². The average Bonchev–Trinajstić information content (AvgIpc) is 1.76. The predicted molar refractivity (Wildman–Crippen MR) is 92.8 cm³/mol. The van der Waals surface area contributed by atoms with E-state index in [2.05, 4.69) is 0 Å². The van der Waals surface area contributed by atoms with Crippen LogP contribution >= 0.6 is 0 Å². The SMILES string of the molecule is O.O.O.O.O.O.O.O.OB(O)O.OB(O)O.OB(O)O.OB(O)O.[NaH].[NaH]. The van der Waals surface area contributed by atoms with Gasteiger partial charge in [-0.15, -0.1) is 0 Å². The first-order valence-corrected chi connectivity index (χ1v) is 3.10. The summed E-state index contributed by atoms with van der Waals surface area (Å²) in [5.41, 5.74) is 0. The Morgan fingerprint density at radius 2 is 0.231 bits per heavy atom. The van der Waals surface area contributed by atoms with Gasteiger partial charge in [0.25, 0.3) is 0 Å². The second kappa shape index (κ2) is 94.7. The van der Waals surface area contributed by atoms with Gasteiger partial charge in [0, 0.05) is 0 Å². The van der Waals surface area contributed by atoms with Crippen molar-refractivity contribution >= 4 is 88.4 Å². The zero-order valence-electron chi connectivity index (χ0n) is 11.7. The summed E-state index contributed by atoms with van der Waals surface area (Å²) in [5.74, 6) is 0. The Bertz CT molecular complexity index is 68.8. The Balaban J connectivity index is -0.00000000545. The van der Waals surface area contributed by atoms with E-state index < -0.39 is 29.3 Å². The van der Waals surface area contributed by atoms with Gasteiger partial charge in [-0.2, -0.15) is 0 Å². The van der Waals surface area contributed by atoms with Crippen LogP contribution in [0.25, 0.3) is 0 Å². The Labute approximate surface area is 191 Å². The third-order valence-electron chi connectivity index (χ3n) is 0. The van der Waals surface area contributed by atoms with Gasteiger partial charge in [-0.3, -0.25) is 0 Å². The molecule has 164 valence electrons. The van der Waals surface area contributed by atoms with Crippen LogP contribution < -0.4 is 0 Å². The summed E-state index contributed by atoms with van der Waals surface area (Å²) in [5, 5.41) is 86.0. The quantitative estimate of drug-likeness (QED) is 0.156. The fraction of sp³-hybridized carbons (Fsp3) is 0. The van der Waals surface area contributed by atoms with Crippen LogP contribution in [0.15, 0.2) is 0 Å². The molecule has 28 N–H and O–H groups in total. The molecule has 0 radical (unpaired) electrons. The molecule has 0 fully saturated rings. The predicted octanol–water partition coefficient (Wildman–Crippen LogP) is -16.1. The molecule has 20 nitrogen and oxygen atoms in total. The van der Waals surface area contributed by atoms with Gasteiger partial charge in [0.1, 0.15) is 0 Å². The zero-order chi connectivity index (χ0) is 14.3. The Morgan fingerprint density at radius 1 is 0.231 bits per heavy atom. The van der Waals surface area contributed by atoms with Gasteiger partial charge in [-0.25, -0.2) is 0 Å². The summed E-state index contributed by atoms with van der Waals surface area (Å²) >= 11 is 0. The Kier molecular flexibility index (Phi) is 386. The normalized spacial score (nSPS) is 4.15. The summed E-state index contributed by atoms with van der Waals surface area (Å²) in [4.78, 5) is 0. The first kappa shape index (κ1) is 106. The van der Waals surface area contributed by atoms with Gasteiger partial charge in [-0.05, 0) is 0 Å². The third-order valence-corrected chi connectivity index (χ3v) is 0. The molecule has 0 unspecified atom stereocenters. The van der Waals surface area contributed by atoms with E-state index in [1.165, 1.54) is 0 Å². The fourth-order valence-electron chi connectivity index (χ4n) is 0. The van der Waals surface area contributed by atoms with Crippen molar-refractivity contribution in [2.24, 2.45) is 0 Å². The van der Waals surface area contributed by atoms with E-state index in [-0.39, 0.29) is 103 Å². The standard InChI is InChI=1S/4BH3O3.2Na.8H2O.2H/c4*2-1(3)4;;;;;;;;;;;;/h4*2-4H;;;8*1H2;;. The van der Waals surface area contributed by atoms with E-state index in [1.807, 2.05) is 0 Å². The van der Waals surface area contributed by atoms with E-state index in [4.69, 9.17) is 60.3 Å². The maximum absolute atomic E-state index is 7.17. The third kappa shape index (κ3) is 7150. The molecule has 0 aromatic heterocycles. The molecule has 0 aliphatic rings. The van der Waals surface area contributed by atoms with Crippen LogP contribution in [0, 0.1) is 0 Å². The van der Waals surface area contributed by atoms with Crippen LogP contribution in [0.1, 0.15) is 0 Å². The first-order chi connectivity index (χ1) is 6.93. The summed E-state index contributed by atoms with van der Waals surface area (Å²) in [6.45, 7) is 0. The summed E-state index contributed by atoms with van der Waals surface area (Å²) < 4.78 is 0. The van der Waals surface area contributed by atoms with Crippen molar-refractivity contribution < 1.29 is 104 Å². The average molecular weight is 439 g/mol. The Hall–Kier alpha value is 1.46. The van der Waals surface area contributed by atoms with Crippen LogP contribution in [-0.2, 0) is 0 Å². The van der Waals surface area contributed by atoms with Crippen LogP contribution in [0.3, 0.4) is 0 Å². The molecule has 0 spiro atoms. The molecule has 0 aromatic carbocycles. The molecule has 0 aliphatic carbocycles. The van der Waals surface area contributed by atoms with Gasteiger partial charge >= 0.3 is 88.4 Å². The van der Waals surface area contributed by atoms with Crippen LogP contribution in [0.2, 0.25) is 0 Å². The molecule has 0 saturated heterocycles. The van der Waals surface area contributed by atoms with Crippen molar-refractivity contribution in [3.63, 3.8) is 0 Å². The first-order valence-electron chi connectivity index (χ1n) is 3.10. The number of hydrogen-bond donors (Lipinski definition) is 12. The number of rotatable bonds is 0. The topological polar surface area (TPSA) is 495 Å². The maximum atomic E-state index is 7.17. The molecule has 26 heavy (non-hydrogen) atoms. The van der Waals surface area contributed by atoms with Crippen molar-refractivity contribution in [3.8, 4) is 0 Å². The molecule has 0 heterocycles. The van der Waals surface area contributed by atoms with Crippen molar-refractivity contribution in [1.82, 2.24) is 0 Å². The zero-order valence-corrected chi connectivity index (χ0v) is 11.7. The van der Waals surface area contributed by atoms with Gasteiger partial charge in [0.15, 0.2) is 0 Å². The number of hydrogen-bond acceptors (Lipinski definition) is 12. The molecule has 0 aliphatic heterocycles. The van der Waals surface area contributed by atoms with Gasteiger partial charge < -0.3 is 104 Å². The molecule has 0 amide bonds. The van der Waals surface area contributed by atoms with E-state index in [1.54, 1.807) is 0 Å². The van der Waals surface area contributed by atoms with Crippen LogP contribution in [-0.4, -0.2) is 192 Å². The molecular formula is H30B4Na2O20. The minimum absolute atomic E-state index is 0. The minimum atomic E-state index is -2.17. The van der Waals surface area contributed by atoms with Crippen LogP contribution in [0.4, 0.5) is 0 Å². The molecule has 0 rings (SSSR count). The van der Waals surface area contributed by atoms with Crippen molar-refractivity contribution in [2.75, 3.05) is 0 Å². The molecule has 0 bridgehead atoms. The molecule has 0 atom stereocenters. The van der Waals surface area contributed by atoms with Gasteiger partial charge in [0.05, 0.1) is 0 Å². The molecule has 26 heteroatoms. The van der Waals surface area contributed by atoms with Crippen molar-refractivity contribution in [2.45, 2.75) is 0 Å². The monoisotopic (exact) mass is 440 g/mol.